The van der Waals surface area contributed by atoms with Crippen molar-refractivity contribution in [2.24, 2.45) is 4.99 Å². The van der Waals surface area contributed by atoms with Gasteiger partial charge in [-0.2, -0.15) is 0 Å². The number of piperazine rings is 1. The van der Waals surface area contributed by atoms with Crippen molar-refractivity contribution in [3.8, 4) is 5.75 Å². The van der Waals surface area contributed by atoms with Gasteiger partial charge in [0.05, 0.1) is 36.7 Å². The molecule has 4 rings (SSSR count). The van der Waals surface area contributed by atoms with Crippen molar-refractivity contribution in [1.82, 2.24) is 4.90 Å². The summed E-state index contributed by atoms with van der Waals surface area (Å²) in [4.78, 5) is 21.0. The summed E-state index contributed by atoms with van der Waals surface area (Å²) in [6, 6.07) is 14.9. The van der Waals surface area contributed by atoms with E-state index in [0.29, 0.717) is 15.1 Å². The molecule has 1 aliphatic heterocycles. The Morgan fingerprint density at radius 2 is 1.93 bits per heavy atom. The SMILES string of the molecule is O=C(c1cccs1)N1CC[NH+](c2ccc(N=Cc3cc(Cl)cc(Br)c3[O-])cc2)CC1. The molecule has 5 nitrogen and oxygen atoms in total. The maximum atomic E-state index is 12.5. The highest BCUT2D eigenvalue weighted by atomic mass is 79.9. The van der Waals surface area contributed by atoms with E-state index in [9.17, 15) is 9.90 Å². The Balaban J connectivity index is 1.38. The van der Waals surface area contributed by atoms with Crippen molar-refractivity contribution >= 4 is 62.4 Å². The average molecular weight is 505 g/mol. The highest BCUT2D eigenvalue weighted by molar-refractivity contribution is 9.10. The van der Waals surface area contributed by atoms with E-state index in [1.807, 2.05) is 46.7 Å². The molecule has 2 aromatic carbocycles. The number of nitrogens with one attached hydrogen (secondary N) is 1. The van der Waals surface area contributed by atoms with Gasteiger partial charge >= 0.3 is 0 Å². The minimum atomic E-state index is -0.140. The predicted octanol–water partition coefficient (Wildman–Crippen LogP) is 3.66. The highest BCUT2D eigenvalue weighted by Crippen LogP contribution is 2.28. The van der Waals surface area contributed by atoms with Crippen LogP contribution in [-0.2, 0) is 0 Å². The summed E-state index contributed by atoms with van der Waals surface area (Å²) < 4.78 is 0.423. The van der Waals surface area contributed by atoms with Gasteiger partial charge < -0.3 is 10.0 Å². The minimum absolute atomic E-state index is 0.124. The molecule has 1 saturated heterocycles. The van der Waals surface area contributed by atoms with Crippen LogP contribution in [0.5, 0.6) is 5.75 Å². The Morgan fingerprint density at radius 1 is 1.20 bits per heavy atom. The lowest BCUT2D eigenvalue weighted by atomic mass is 10.2. The van der Waals surface area contributed by atoms with E-state index in [-0.39, 0.29) is 11.7 Å². The van der Waals surface area contributed by atoms with Crippen molar-refractivity contribution in [3.63, 3.8) is 0 Å². The van der Waals surface area contributed by atoms with Gasteiger partial charge in [-0.25, -0.2) is 0 Å². The second-order valence-electron chi connectivity index (χ2n) is 6.98. The highest BCUT2D eigenvalue weighted by Gasteiger charge is 2.26. The molecule has 1 N–H and O–H groups in total. The summed E-state index contributed by atoms with van der Waals surface area (Å²) in [5.41, 5.74) is 2.38. The molecular weight excluding hydrogens is 486 g/mol. The van der Waals surface area contributed by atoms with Crippen LogP contribution in [-0.4, -0.2) is 43.2 Å². The van der Waals surface area contributed by atoms with E-state index in [4.69, 9.17) is 11.6 Å². The van der Waals surface area contributed by atoms with Crippen molar-refractivity contribution in [3.05, 3.63) is 73.8 Å². The number of hydrogen-bond acceptors (Lipinski definition) is 4. The zero-order valence-corrected chi connectivity index (χ0v) is 19.1. The van der Waals surface area contributed by atoms with Gasteiger partial charge in [0.2, 0.25) is 0 Å². The molecule has 154 valence electrons. The largest absolute Gasteiger partial charge is 0.871 e. The number of carbonyl (C=O) groups excluding carboxylic acids is 1. The van der Waals surface area contributed by atoms with Crippen LogP contribution in [0.3, 0.4) is 0 Å². The first-order valence-electron chi connectivity index (χ1n) is 9.49. The van der Waals surface area contributed by atoms with Gasteiger partial charge in [0.1, 0.15) is 5.69 Å². The lowest BCUT2D eigenvalue weighted by molar-refractivity contribution is -0.837. The number of carbonyl (C=O) groups is 1. The molecule has 8 heteroatoms. The number of benzene rings is 2. The molecule has 0 saturated carbocycles. The van der Waals surface area contributed by atoms with Gasteiger partial charge in [-0.3, -0.25) is 14.7 Å². The van der Waals surface area contributed by atoms with E-state index in [1.54, 1.807) is 12.1 Å². The van der Waals surface area contributed by atoms with Gasteiger partial charge in [-0.15, -0.1) is 11.3 Å². The van der Waals surface area contributed by atoms with Crippen LogP contribution in [0.25, 0.3) is 0 Å². The normalized spacial score (nSPS) is 15.1. The first-order valence-corrected chi connectivity index (χ1v) is 11.5. The number of amides is 1. The third-order valence-electron chi connectivity index (χ3n) is 5.05. The molecule has 0 bridgehead atoms. The zero-order valence-electron chi connectivity index (χ0n) is 16.0. The second kappa shape index (κ2) is 9.31. The Bertz CT molecular complexity index is 1060. The maximum absolute atomic E-state index is 12.5. The molecule has 0 aliphatic carbocycles. The van der Waals surface area contributed by atoms with Crippen LogP contribution in [0.15, 0.2) is 63.4 Å². The first kappa shape index (κ1) is 21.1. The number of aliphatic imine (C=N–C) groups is 1. The number of halogens is 2. The average Bonchev–Trinajstić information content (AvgIpc) is 3.30. The van der Waals surface area contributed by atoms with E-state index in [1.165, 1.54) is 28.1 Å². The Labute approximate surface area is 192 Å². The molecule has 0 radical (unpaired) electrons. The Morgan fingerprint density at radius 3 is 2.60 bits per heavy atom. The predicted molar refractivity (Wildman–Crippen MR) is 123 cm³/mol. The molecule has 1 fully saturated rings. The maximum Gasteiger partial charge on any atom is 0.264 e. The monoisotopic (exact) mass is 503 g/mol. The lowest BCUT2D eigenvalue weighted by Gasteiger charge is -2.31. The molecule has 1 amide bonds. The topological polar surface area (TPSA) is 60.2 Å². The van der Waals surface area contributed by atoms with Gasteiger partial charge in [-0.1, -0.05) is 39.3 Å². The van der Waals surface area contributed by atoms with E-state index >= 15 is 0 Å². The van der Waals surface area contributed by atoms with Crippen molar-refractivity contribution < 1.29 is 14.8 Å². The number of hydrogen-bond donors (Lipinski definition) is 1. The van der Waals surface area contributed by atoms with E-state index in [2.05, 4.69) is 20.9 Å². The van der Waals surface area contributed by atoms with E-state index < -0.39 is 0 Å². The number of quaternary nitrogens is 1. The van der Waals surface area contributed by atoms with Crippen LogP contribution in [0.1, 0.15) is 15.2 Å². The van der Waals surface area contributed by atoms with Crippen LogP contribution in [0, 0.1) is 0 Å². The summed E-state index contributed by atoms with van der Waals surface area (Å²) in [5, 5.41) is 14.5. The number of thiophene rings is 1. The Hall–Kier alpha value is -2.19. The fraction of sp³-hybridized carbons (Fsp3) is 0.182. The molecule has 30 heavy (non-hydrogen) atoms. The molecule has 2 heterocycles. The zero-order chi connectivity index (χ0) is 21.1. The smallest absolute Gasteiger partial charge is 0.264 e. The number of nitrogens with zero attached hydrogens (tertiary/aromatic N) is 2. The van der Waals surface area contributed by atoms with Crippen molar-refractivity contribution in [2.45, 2.75) is 0 Å². The molecule has 1 aliphatic rings. The molecule has 0 atom stereocenters. The summed E-state index contributed by atoms with van der Waals surface area (Å²) >= 11 is 10.7. The standard InChI is InChI=1S/C22H19BrClN3O2S/c23-19-13-16(24)12-15(21(19)28)14-25-17-3-5-18(6-4-17)26-7-9-27(10-8-26)22(29)20-2-1-11-30-20/h1-6,11-14,28H,7-10H2. The first-order chi connectivity index (χ1) is 14.5. The fourth-order valence-corrected chi connectivity index (χ4v) is 4.95. The summed E-state index contributed by atoms with van der Waals surface area (Å²) in [7, 11) is 0. The Kier molecular flexibility index (Phi) is 6.53. The fourth-order valence-electron chi connectivity index (χ4n) is 3.43. The minimum Gasteiger partial charge on any atom is -0.871 e. The van der Waals surface area contributed by atoms with Crippen LogP contribution in [0.2, 0.25) is 5.02 Å². The van der Waals surface area contributed by atoms with Gasteiger partial charge in [0, 0.05) is 27.8 Å². The van der Waals surface area contributed by atoms with Crippen LogP contribution >= 0.6 is 38.9 Å². The summed E-state index contributed by atoms with van der Waals surface area (Å²) in [5.74, 6) is -0.0155. The summed E-state index contributed by atoms with van der Waals surface area (Å²) in [6.45, 7) is 3.22. The van der Waals surface area contributed by atoms with Gasteiger partial charge in [0.15, 0.2) is 0 Å². The molecule has 3 aromatic rings. The molecule has 1 aromatic heterocycles. The van der Waals surface area contributed by atoms with Crippen molar-refractivity contribution in [1.29, 1.82) is 0 Å². The molecule has 0 unspecified atom stereocenters. The molecule has 0 spiro atoms. The molecular formula is C22H19BrClN3O2S. The number of rotatable bonds is 4. The third kappa shape index (κ3) is 4.75. The van der Waals surface area contributed by atoms with Crippen LogP contribution < -0.4 is 10.0 Å². The quantitative estimate of drug-likeness (QED) is 0.551. The summed E-state index contributed by atoms with van der Waals surface area (Å²) in [6.07, 6.45) is 1.54. The third-order valence-corrected chi connectivity index (χ3v) is 6.72. The van der Waals surface area contributed by atoms with Gasteiger partial charge in [-0.05, 0) is 41.3 Å². The van der Waals surface area contributed by atoms with Crippen molar-refractivity contribution in [2.75, 3.05) is 26.2 Å². The lowest BCUT2D eigenvalue weighted by Crippen LogP contribution is -3.10. The van der Waals surface area contributed by atoms with E-state index in [0.717, 1.165) is 36.7 Å². The second-order valence-corrected chi connectivity index (χ2v) is 9.22. The van der Waals surface area contributed by atoms with Gasteiger partial charge in [0.25, 0.3) is 5.91 Å². The van der Waals surface area contributed by atoms with Crippen LogP contribution in [0.4, 0.5) is 11.4 Å².